The highest BCUT2D eigenvalue weighted by atomic mass is 14.9. The minimum absolute atomic E-state index is 0.774. The maximum absolute atomic E-state index is 5.99. The van der Waals surface area contributed by atoms with Crippen LogP contribution in [0.1, 0.15) is 30.5 Å². The molecule has 0 saturated heterocycles. The maximum Gasteiger partial charge on any atom is 0.0421 e. The Hall–Kier alpha value is -1.96. The predicted octanol–water partition coefficient (Wildman–Crippen LogP) is 4.01. The number of hydrogen-bond donors (Lipinski definition) is 2. The molecule has 2 aromatic carbocycles. The molecule has 0 bridgehead atoms. The molecule has 2 aromatic rings. The second-order valence-electron chi connectivity index (χ2n) is 4.71. The number of aryl methyl sites for hydroxylation is 2. The molecule has 3 N–H and O–H groups in total. The fourth-order valence-corrected chi connectivity index (χ4v) is 2.35. The molecule has 0 heterocycles. The van der Waals surface area contributed by atoms with Crippen molar-refractivity contribution < 1.29 is 0 Å². The fourth-order valence-electron chi connectivity index (χ4n) is 2.35. The van der Waals surface area contributed by atoms with Gasteiger partial charge in [0.1, 0.15) is 0 Å². The van der Waals surface area contributed by atoms with Gasteiger partial charge in [-0.05, 0) is 35.6 Å². The summed E-state index contributed by atoms with van der Waals surface area (Å²) in [4.78, 5) is 0. The van der Waals surface area contributed by atoms with Crippen LogP contribution in [0.2, 0.25) is 0 Å². The van der Waals surface area contributed by atoms with Crippen LogP contribution >= 0.6 is 0 Å². The summed E-state index contributed by atoms with van der Waals surface area (Å²) in [6.07, 6.45) is 2.08. The lowest BCUT2D eigenvalue weighted by atomic mass is 10.0. The topological polar surface area (TPSA) is 38.0 Å². The third-order valence-corrected chi connectivity index (χ3v) is 3.51. The molecule has 0 aliphatic carbocycles. The van der Waals surface area contributed by atoms with E-state index >= 15 is 0 Å². The number of nitrogen functional groups attached to an aromatic ring is 1. The van der Waals surface area contributed by atoms with Crippen LogP contribution in [-0.4, -0.2) is 0 Å². The van der Waals surface area contributed by atoms with Gasteiger partial charge in [0.2, 0.25) is 0 Å². The molecule has 0 amide bonds. The summed E-state index contributed by atoms with van der Waals surface area (Å²) in [5.74, 6) is 0. The van der Waals surface area contributed by atoms with E-state index in [2.05, 4.69) is 43.4 Å². The SMILES string of the molecule is CCc1cccc(CC)c1NCc1ccccc1N. The van der Waals surface area contributed by atoms with Crippen molar-refractivity contribution in [3.05, 3.63) is 59.2 Å². The Kier molecular flexibility index (Phi) is 4.45. The standard InChI is InChI=1S/C17H22N2/c1-3-13-9-7-10-14(4-2)17(13)19-12-15-8-5-6-11-16(15)18/h5-11,19H,3-4,12,18H2,1-2H3. The van der Waals surface area contributed by atoms with Crippen molar-refractivity contribution in [1.82, 2.24) is 0 Å². The van der Waals surface area contributed by atoms with Gasteiger partial charge in [-0.15, -0.1) is 0 Å². The van der Waals surface area contributed by atoms with Crippen LogP contribution in [-0.2, 0) is 19.4 Å². The van der Waals surface area contributed by atoms with Crippen LogP contribution in [0.25, 0.3) is 0 Å². The van der Waals surface area contributed by atoms with E-state index in [9.17, 15) is 0 Å². The molecule has 2 nitrogen and oxygen atoms in total. The number of nitrogens with one attached hydrogen (secondary N) is 1. The molecule has 0 radical (unpaired) electrons. The maximum atomic E-state index is 5.99. The van der Waals surface area contributed by atoms with Crippen molar-refractivity contribution >= 4 is 11.4 Å². The Morgan fingerprint density at radius 3 is 2.00 bits per heavy atom. The van der Waals surface area contributed by atoms with Gasteiger partial charge in [0.05, 0.1) is 0 Å². The third-order valence-electron chi connectivity index (χ3n) is 3.51. The molecule has 0 fully saturated rings. The van der Waals surface area contributed by atoms with Gasteiger partial charge in [0.15, 0.2) is 0 Å². The van der Waals surface area contributed by atoms with E-state index in [-0.39, 0.29) is 0 Å². The number of rotatable bonds is 5. The summed E-state index contributed by atoms with van der Waals surface area (Å²) < 4.78 is 0. The molecule has 100 valence electrons. The summed E-state index contributed by atoms with van der Waals surface area (Å²) in [6.45, 7) is 5.16. The van der Waals surface area contributed by atoms with Gasteiger partial charge in [-0.1, -0.05) is 50.2 Å². The van der Waals surface area contributed by atoms with Crippen LogP contribution < -0.4 is 11.1 Å². The van der Waals surface area contributed by atoms with E-state index < -0.39 is 0 Å². The van der Waals surface area contributed by atoms with Gasteiger partial charge in [0, 0.05) is 17.9 Å². The Morgan fingerprint density at radius 2 is 1.42 bits per heavy atom. The Bertz CT molecular complexity index is 524. The van der Waals surface area contributed by atoms with E-state index in [1.165, 1.54) is 16.8 Å². The van der Waals surface area contributed by atoms with Crippen molar-refractivity contribution in [3.8, 4) is 0 Å². The van der Waals surface area contributed by atoms with Crippen molar-refractivity contribution in [2.45, 2.75) is 33.2 Å². The summed E-state index contributed by atoms with van der Waals surface area (Å²) in [7, 11) is 0. The van der Waals surface area contributed by atoms with Gasteiger partial charge in [-0.3, -0.25) is 0 Å². The molecule has 0 aliphatic rings. The normalized spacial score (nSPS) is 10.4. The molecular formula is C17H22N2. The van der Waals surface area contributed by atoms with E-state index in [4.69, 9.17) is 5.73 Å². The predicted molar refractivity (Wildman–Crippen MR) is 83.4 cm³/mol. The summed E-state index contributed by atoms with van der Waals surface area (Å²) in [6, 6.07) is 14.5. The van der Waals surface area contributed by atoms with E-state index in [0.29, 0.717) is 0 Å². The lowest BCUT2D eigenvalue weighted by Gasteiger charge is -2.16. The van der Waals surface area contributed by atoms with Gasteiger partial charge in [-0.25, -0.2) is 0 Å². The highest BCUT2D eigenvalue weighted by Crippen LogP contribution is 2.24. The molecule has 0 atom stereocenters. The zero-order valence-electron chi connectivity index (χ0n) is 11.7. The minimum Gasteiger partial charge on any atom is -0.398 e. The second-order valence-corrected chi connectivity index (χ2v) is 4.71. The van der Waals surface area contributed by atoms with Crippen LogP contribution in [0.4, 0.5) is 11.4 Å². The van der Waals surface area contributed by atoms with Crippen LogP contribution in [0.3, 0.4) is 0 Å². The Morgan fingerprint density at radius 1 is 0.842 bits per heavy atom. The van der Waals surface area contributed by atoms with Crippen LogP contribution in [0, 0.1) is 0 Å². The quantitative estimate of drug-likeness (QED) is 0.791. The molecule has 0 saturated carbocycles. The third kappa shape index (κ3) is 3.08. The average molecular weight is 254 g/mol. The average Bonchev–Trinajstić information content (AvgIpc) is 2.46. The highest BCUT2D eigenvalue weighted by molar-refractivity contribution is 5.59. The zero-order valence-corrected chi connectivity index (χ0v) is 11.7. The van der Waals surface area contributed by atoms with Crippen molar-refractivity contribution in [2.24, 2.45) is 0 Å². The molecule has 0 unspecified atom stereocenters. The first kappa shape index (κ1) is 13.5. The van der Waals surface area contributed by atoms with Gasteiger partial charge in [0.25, 0.3) is 0 Å². The lowest BCUT2D eigenvalue weighted by molar-refractivity contribution is 1.05. The summed E-state index contributed by atoms with van der Waals surface area (Å²) >= 11 is 0. The smallest absolute Gasteiger partial charge is 0.0421 e. The first-order valence-corrected chi connectivity index (χ1v) is 6.94. The van der Waals surface area contributed by atoms with E-state index in [1.807, 2.05) is 18.2 Å². The number of benzene rings is 2. The number of anilines is 2. The lowest BCUT2D eigenvalue weighted by Crippen LogP contribution is -2.07. The summed E-state index contributed by atoms with van der Waals surface area (Å²) in [5, 5.41) is 3.56. The van der Waals surface area contributed by atoms with E-state index in [0.717, 1.165) is 30.6 Å². The summed E-state index contributed by atoms with van der Waals surface area (Å²) in [5.41, 5.74) is 12.0. The fraction of sp³-hybridized carbons (Fsp3) is 0.294. The molecular weight excluding hydrogens is 232 g/mol. The van der Waals surface area contributed by atoms with Crippen molar-refractivity contribution in [3.63, 3.8) is 0 Å². The monoisotopic (exact) mass is 254 g/mol. The molecule has 2 heteroatoms. The first-order valence-electron chi connectivity index (χ1n) is 6.94. The van der Waals surface area contributed by atoms with E-state index in [1.54, 1.807) is 0 Å². The van der Waals surface area contributed by atoms with Gasteiger partial charge < -0.3 is 11.1 Å². The molecule has 0 aromatic heterocycles. The Labute approximate surface area is 115 Å². The van der Waals surface area contributed by atoms with Crippen LogP contribution in [0.15, 0.2) is 42.5 Å². The number of nitrogens with two attached hydrogens (primary N) is 1. The van der Waals surface area contributed by atoms with Crippen molar-refractivity contribution in [1.29, 1.82) is 0 Å². The molecule has 2 rings (SSSR count). The molecule has 0 aliphatic heterocycles. The van der Waals surface area contributed by atoms with Gasteiger partial charge in [-0.2, -0.15) is 0 Å². The second kappa shape index (κ2) is 6.28. The van der Waals surface area contributed by atoms with Crippen molar-refractivity contribution in [2.75, 3.05) is 11.1 Å². The largest absolute Gasteiger partial charge is 0.398 e. The molecule has 19 heavy (non-hydrogen) atoms. The first-order chi connectivity index (χ1) is 9.26. The minimum atomic E-state index is 0.774. The molecule has 0 spiro atoms. The van der Waals surface area contributed by atoms with Crippen LogP contribution in [0.5, 0.6) is 0 Å². The highest BCUT2D eigenvalue weighted by Gasteiger charge is 2.06. The number of para-hydroxylation sites is 2. The zero-order chi connectivity index (χ0) is 13.7. The van der Waals surface area contributed by atoms with Gasteiger partial charge >= 0.3 is 0 Å². The number of hydrogen-bond acceptors (Lipinski definition) is 2. The Balaban J connectivity index is 2.21.